The van der Waals surface area contributed by atoms with E-state index >= 15 is 0 Å². The van der Waals surface area contributed by atoms with Gasteiger partial charge in [0.1, 0.15) is 5.75 Å². The highest BCUT2D eigenvalue weighted by Gasteiger charge is 2.08. The molecule has 1 aliphatic rings. The van der Waals surface area contributed by atoms with E-state index in [2.05, 4.69) is 6.42 Å². The van der Waals surface area contributed by atoms with E-state index in [1.54, 1.807) is 6.07 Å². The SMILES string of the molecule is Oc1ccc2c(c1)CC[CH]C2. The minimum Gasteiger partial charge on any atom is -0.508 e. The van der Waals surface area contributed by atoms with Crippen LogP contribution in [0.3, 0.4) is 0 Å². The van der Waals surface area contributed by atoms with Gasteiger partial charge in [0.15, 0.2) is 0 Å². The van der Waals surface area contributed by atoms with Gasteiger partial charge in [-0.05, 0) is 48.9 Å². The monoisotopic (exact) mass is 147 g/mol. The lowest BCUT2D eigenvalue weighted by Gasteiger charge is -2.14. The maximum absolute atomic E-state index is 9.18. The van der Waals surface area contributed by atoms with E-state index in [9.17, 15) is 5.11 Å². The molecule has 0 aliphatic heterocycles. The first kappa shape index (κ1) is 6.71. The molecular formula is C10H11O. The van der Waals surface area contributed by atoms with Crippen molar-refractivity contribution in [1.29, 1.82) is 0 Å². The van der Waals surface area contributed by atoms with Gasteiger partial charge in [-0.25, -0.2) is 0 Å². The van der Waals surface area contributed by atoms with Crippen LogP contribution >= 0.6 is 0 Å². The Morgan fingerprint density at radius 1 is 1.18 bits per heavy atom. The average molecular weight is 147 g/mol. The van der Waals surface area contributed by atoms with E-state index in [0.29, 0.717) is 5.75 Å². The fraction of sp³-hybridized carbons (Fsp3) is 0.300. The first-order chi connectivity index (χ1) is 5.36. The highest BCUT2D eigenvalue weighted by atomic mass is 16.3. The molecule has 0 aromatic heterocycles. The molecule has 1 nitrogen and oxygen atoms in total. The topological polar surface area (TPSA) is 20.2 Å². The summed E-state index contributed by atoms with van der Waals surface area (Å²) in [5, 5.41) is 9.18. The van der Waals surface area contributed by atoms with Crippen molar-refractivity contribution in [1.82, 2.24) is 0 Å². The summed E-state index contributed by atoms with van der Waals surface area (Å²) in [6, 6.07) is 5.65. The molecule has 2 rings (SSSR count). The van der Waals surface area contributed by atoms with Crippen molar-refractivity contribution in [3.63, 3.8) is 0 Å². The van der Waals surface area contributed by atoms with Gasteiger partial charge in [0.2, 0.25) is 0 Å². The molecule has 0 saturated carbocycles. The van der Waals surface area contributed by atoms with Crippen molar-refractivity contribution in [3.05, 3.63) is 35.7 Å². The first-order valence-electron chi connectivity index (χ1n) is 3.99. The van der Waals surface area contributed by atoms with Gasteiger partial charge in [0.25, 0.3) is 0 Å². The Hall–Kier alpha value is -0.980. The lowest BCUT2D eigenvalue weighted by atomic mass is 9.92. The molecule has 0 bridgehead atoms. The van der Waals surface area contributed by atoms with Crippen molar-refractivity contribution in [2.24, 2.45) is 0 Å². The third-order valence-electron chi connectivity index (χ3n) is 2.17. The van der Waals surface area contributed by atoms with Gasteiger partial charge in [-0.3, -0.25) is 0 Å². The van der Waals surface area contributed by atoms with Crippen LogP contribution in [-0.2, 0) is 12.8 Å². The predicted molar refractivity (Wildman–Crippen MR) is 44.4 cm³/mol. The molecule has 57 valence electrons. The maximum atomic E-state index is 9.18. The van der Waals surface area contributed by atoms with Crippen molar-refractivity contribution in [2.75, 3.05) is 0 Å². The van der Waals surface area contributed by atoms with Crippen LogP contribution < -0.4 is 0 Å². The zero-order chi connectivity index (χ0) is 7.68. The van der Waals surface area contributed by atoms with Crippen LogP contribution in [0.5, 0.6) is 5.75 Å². The fourth-order valence-electron chi connectivity index (χ4n) is 1.56. The molecule has 0 spiro atoms. The first-order valence-corrected chi connectivity index (χ1v) is 3.99. The molecule has 0 amide bonds. The number of hydrogen-bond donors (Lipinski definition) is 1. The van der Waals surface area contributed by atoms with Crippen LogP contribution in [0.4, 0.5) is 0 Å². The number of fused-ring (bicyclic) bond motifs is 1. The van der Waals surface area contributed by atoms with E-state index in [1.165, 1.54) is 11.1 Å². The second-order valence-corrected chi connectivity index (χ2v) is 2.98. The summed E-state index contributed by atoms with van der Waals surface area (Å²) in [4.78, 5) is 0. The molecule has 0 unspecified atom stereocenters. The van der Waals surface area contributed by atoms with Gasteiger partial charge in [-0.15, -0.1) is 0 Å². The number of rotatable bonds is 0. The van der Waals surface area contributed by atoms with Crippen LogP contribution in [-0.4, -0.2) is 5.11 Å². The number of hydrogen-bond acceptors (Lipinski definition) is 1. The summed E-state index contributed by atoms with van der Waals surface area (Å²) in [7, 11) is 0. The van der Waals surface area contributed by atoms with Gasteiger partial charge in [-0.2, -0.15) is 0 Å². The number of phenols is 1. The van der Waals surface area contributed by atoms with E-state index < -0.39 is 0 Å². The lowest BCUT2D eigenvalue weighted by Crippen LogP contribution is -2.01. The van der Waals surface area contributed by atoms with Gasteiger partial charge in [0, 0.05) is 0 Å². The molecule has 1 radical (unpaired) electrons. The van der Waals surface area contributed by atoms with Crippen molar-refractivity contribution in [2.45, 2.75) is 19.3 Å². The van der Waals surface area contributed by atoms with Gasteiger partial charge in [0.05, 0.1) is 0 Å². The zero-order valence-electron chi connectivity index (χ0n) is 6.38. The lowest BCUT2D eigenvalue weighted by molar-refractivity contribution is 0.474. The van der Waals surface area contributed by atoms with Gasteiger partial charge in [-0.1, -0.05) is 6.07 Å². The Morgan fingerprint density at radius 3 is 3.00 bits per heavy atom. The molecule has 0 atom stereocenters. The molecular weight excluding hydrogens is 136 g/mol. The molecule has 11 heavy (non-hydrogen) atoms. The van der Waals surface area contributed by atoms with Crippen molar-refractivity contribution < 1.29 is 5.11 Å². The number of benzene rings is 1. The van der Waals surface area contributed by atoms with Gasteiger partial charge < -0.3 is 5.11 Å². The van der Waals surface area contributed by atoms with Crippen LogP contribution in [0.15, 0.2) is 18.2 Å². The Morgan fingerprint density at radius 2 is 2.09 bits per heavy atom. The second kappa shape index (κ2) is 2.57. The minimum atomic E-state index is 0.394. The Kier molecular flexibility index (Phi) is 1.57. The van der Waals surface area contributed by atoms with Gasteiger partial charge >= 0.3 is 0 Å². The second-order valence-electron chi connectivity index (χ2n) is 2.98. The summed E-state index contributed by atoms with van der Waals surface area (Å²) in [5.74, 6) is 0.394. The number of aromatic hydroxyl groups is 1. The smallest absolute Gasteiger partial charge is 0.115 e. The van der Waals surface area contributed by atoms with Crippen LogP contribution in [0, 0.1) is 6.42 Å². The van der Waals surface area contributed by atoms with E-state index in [4.69, 9.17) is 0 Å². The minimum absolute atomic E-state index is 0.394. The molecule has 1 aromatic carbocycles. The summed E-state index contributed by atoms with van der Waals surface area (Å²) in [5.41, 5.74) is 2.68. The van der Waals surface area contributed by atoms with Crippen molar-refractivity contribution >= 4 is 0 Å². The largest absolute Gasteiger partial charge is 0.508 e. The summed E-state index contributed by atoms with van der Waals surface area (Å²) in [6.07, 6.45) is 5.59. The maximum Gasteiger partial charge on any atom is 0.115 e. The average Bonchev–Trinajstić information content (AvgIpc) is 2.04. The summed E-state index contributed by atoms with van der Waals surface area (Å²) < 4.78 is 0. The molecule has 1 aliphatic carbocycles. The molecule has 0 fully saturated rings. The van der Waals surface area contributed by atoms with E-state index in [-0.39, 0.29) is 0 Å². The summed E-state index contributed by atoms with van der Waals surface area (Å²) in [6.45, 7) is 0. The quantitative estimate of drug-likeness (QED) is 0.595. The third kappa shape index (κ3) is 1.23. The van der Waals surface area contributed by atoms with Crippen molar-refractivity contribution in [3.8, 4) is 5.75 Å². The highest BCUT2D eigenvalue weighted by molar-refractivity contribution is 5.37. The number of aryl methyl sites for hydroxylation is 1. The molecule has 1 heteroatoms. The summed E-state index contributed by atoms with van der Waals surface area (Å²) >= 11 is 0. The van der Waals surface area contributed by atoms with Crippen LogP contribution in [0.1, 0.15) is 17.5 Å². The normalized spacial score (nSPS) is 16.0. The third-order valence-corrected chi connectivity index (χ3v) is 2.17. The fourth-order valence-corrected chi connectivity index (χ4v) is 1.56. The predicted octanol–water partition coefficient (Wildman–Crippen LogP) is 2.09. The van der Waals surface area contributed by atoms with Crippen LogP contribution in [0.2, 0.25) is 0 Å². The molecule has 1 N–H and O–H groups in total. The van der Waals surface area contributed by atoms with Crippen LogP contribution in [0.25, 0.3) is 0 Å². The standard InChI is InChI=1S/C10H11O/c11-10-6-5-8-3-1-2-4-9(8)7-10/h1,5-7,11H,2-4H2. The van der Waals surface area contributed by atoms with E-state index in [0.717, 1.165) is 19.3 Å². The molecule has 1 aromatic rings. The molecule has 0 heterocycles. The Bertz CT molecular complexity index is 266. The zero-order valence-corrected chi connectivity index (χ0v) is 6.38. The Balaban J connectivity index is 2.43. The number of phenolic OH excluding ortho intramolecular Hbond substituents is 1. The van der Waals surface area contributed by atoms with E-state index in [1.807, 2.05) is 12.1 Å². The Labute approximate surface area is 66.7 Å². The highest BCUT2D eigenvalue weighted by Crippen LogP contribution is 2.23. The molecule has 0 saturated heterocycles.